The van der Waals surface area contributed by atoms with Crippen molar-refractivity contribution in [3.8, 4) is 0 Å². The van der Waals surface area contributed by atoms with Gasteiger partial charge in [0, 0.05) is 76.7 Å². The number of thiophene rings is 1. The number of aryl methyl sites for hydroxylation is 2. The van der Waals surface area contributed by atoms with Gasteiger partial charge in [0.05, 0.1) is 17.1 Å². The Bertz CT molecular complexity index is 3700. The standard InChI is InChI=1S/C68H68N2O2S/c1-42(43(2)27-21-39-61(71)68(10,11)12)26-19-29-47(6)69(55-36-17-13-24-44(55)3)59-41-60-63(49-31-16-15-30-48(49)59)53-40-58(52-34-20-28-46(5)62(52)66(53)73-60)70(56-37-18-14-25-45(56)4)57-38-23-33-51-50-32-22-35-54(67(7,8)9)64(50)72-65(51)57/h13-27,29-41,46,52,62,71H,1-2,28H2,3-12H3/b26-19-,27-21-,47-29+,61-39-. The molecule has 4 nitrogen and oxygen atoms in total. The number of rotatable bonds is 11. The van der Waals surface area contributed by atoms with Crippen LogP contribution in [-0.2, 0) is 5.41 Å². The molecule has 0 saturated heterocycles. The van der Waals surface area contributed by atoms with Crippen molar-refractivity contribution in [2.24, 2.45) is 17.3 Å². The molecular weight excluding hydrogens is 909 g/mol. The maximum absolute atomic E-state index is 10.4. The third kappa shape index (κ3) is 9.03. The first kappa shape index (κ1) is 49.2. The molecule has 73 heavy (non-hydrogen) atoms. The zero-order valence-electron chi connectivity index (χ0n) is 44.2. The number of aliphatic hydroxyl groups is 1. The molecule has 0 aliphatic heterocycles. The molecule has 10 rings (SSSR count). The van der Waals surface area contributed by atoms with Crippen LogP contribution in [-0.4, -0.2) is 5.11 Å². The molecule has 5 heteroatoms. The number of hydrogen-bond acceptors (Lipinski definition) is 5. The summed E-state index contributed by atoms with van der Waals surface area (Å²) < 4.78 is 8.45. The normalized spacial score (nSPS) is 17.5. The van der Waals surface area contributed by atoms with Crippen LogP contribution in [0.2, 0.25) is 0 Å². The Balaban J connectivity index is 1.16. The van der Waals surface area contributed by atoms with E-state index in [0.29, 0.717) is 11.7 Å². The lowest BCUT2D eigenvalue weighted by Gasteiger charge is -2.42. The van der Waals surface area contributed by atoms with Crippen LogP contribution in [0, 0.1) is 31.1 Å². The second kappa shape index (κ2) is 19.3. The summed E-state index contributed by atoms with van der Waals surface area (Å²) in [6.45, 7) is 30.4. The lowest BCUT2D eigenvalue weighted by atomic mass is 9.70. The lowest BCUT2D eigenvalue weighted by molar-refractivity contribution is 0.277. The van der Waals surface area contributed by atoms with Gasteiger partial charge in [0.15, 0.2) is 5.58 Å². The highest BCUT2D eigenvalue weighted by Gasteiger charge is 2.41. The summed E-state index contributed by atoms with van der Waals surface area (Å²) in [5.41, 5.74) is 14.8. The minimum atomic E-state index is -0.323. The molecule has 0 bridgehead atoms. The van der Waals surface area contributed by atoms with Crippen molar-refractivity contribution in [3.05, 3.63) is 232 Å². The summed E-state index contributed by atoms with van der Waals surface area (Å²) >= 11 is 1.98. The van der Waals surface area contributed by atoms with Gasteiger partial charge in [0.1, 0.15) is 5.58 Å². The molecule has 2 aliphatic rings. The van der Waals surface area contributed by atoms with E-state index in [9.17, 15) is 5.11 Å². The van der Waals surface area contributed by atoms with Gasteiger partial charge in [-0.15, -0.1) is 11.3 Å². The smallest absolute Gasteiger partial charge is 0.159 e. The molecule has 2 aliphatic carbocycles. The molecule has 0 saturated carbocycles. The summed E-state index contributed by atoms with van der Waals surface area (Å²) in [6.07, 6.45) is 20.2. The summed E-state index contributed by atoms with van der Waals surface area (Å²) in [7, 11) is 0. The van der Waals surface area contributed by atoms with Crippen LogP contribution in [0.5, 0.6) is 0 Å². The van der Waals surface area contributed by atoms with E-state index in [4.69, 9.17) is 4.42 Å². The maximum Gasteiger partial charge on any atom is 0.159 e. The maximum atomic E-state index is 10.4. The van der Waals surface area contributed by atoms with Gasteiger partial charge in [0.2, 0.25) is 0 Å². The molecule has 0 radical (unpaired) electrons. The molecular formula is C68H68N2O2S. The highest BCUT2D eigenvalue weighted by molar-refractivity contribution is 7.19. The van der Waals surface area contributed by atoms with Crippen molar-refractivity contribution in [2.45, 2.75) is 87.0 Å². The number of nitrogens with zero attached hydrogens (tertiary/aromatic N) is 2. The van der Waals surface area contributed by atoms with Crippen LogP contribution in [0.15, 0.2) is 210 Å². The van der Waals surface area contributed by atoms with Crippen molar-refractivity contribution in [2.75, 3.05) is 9.80 Å². The molecule has 6 aromatic carbocycles. The second-order valence-electron chi connectivity index (χ2n) is 22.3. The average Bonchev–Trinajstić information content (AvgIpc) is 3.93. The number of allylic oxidation sites excluding steroid dienone is 12. The van der Waals surface area contributed by atoms with E-state index in [1.165, 1.54) is 53.7 Å². The van der Waals surface area contributed by atoms with Gasteiger partial charge in [-0.05, 0) is 114 Å². The molecule has 2 aromatic heterocycles. The van der Waals surface area contributed by atoms with Gasteiger partial charge in [-0.2, -0.15) is 0 Å². The van der Waals surface area contributed by atoms with E-state index in [2.05, 4.69) is 217 Å². The topological polar surface area (TPSA) is 39.9 Å². The van der Waals surface area contributed by atoms with Crippen molar-refractivity contribution in [1.82, 2.24) is 0 Å². The van der Waals surface area contributed by atoms with Gasteiger partial charge in [-0.3, -0.25) is 0 Å². The SMILES string of the molecule is C=C(/C=C\C=C(/O)C(C)(C)C)C(=C)/C=C\C=C(/C)N(c1ccccc1C)c1cc2sc3c(c2c2ccccc12)C=C(N(c1ccccc1C)c1cccc2c1oc1c(C(C)(C)C)cccc12)C1C=CCC(C)C31. The van der Waals surface area contributed by atoms with Crippen LogP contribution in [0.3, 0.4) is 0 Å². The Kier molecular flexibility index (Phi) is 13.0. The minimum absolute atomic E-state index is 0.0893. The van der Waals surface area contributed by atoms with Crippen molar-refractivity contribution < 1.29 is 9.52 Å². The monoisotopic (exact) mass is 977 g/mol. The predicted molar refractivity (Wildman–Crippen MR) is 316 cm³/mol. The van der Waals surface area contributed by atoms with Crippen LogP contribution in [0.4, 0.5) is 22.7 Å². The summed E-state index contributed by atoms with van der Waals surface area (Å²) in [4.78, 5) is 6.42. The van der Waals surface area contributed by atoms with Crippen LogP contribution in [0.1, 0.15) is 94.9 Å². The molecule has 1 N–H and O–H groups in total. The van der Waals surface area contributed by atoms with Gasteiger partial charge < -0.3 is 19.3 Å². The van der Waals surface area contributed by atoms with Crippen molar-refractivity contribution >= 4 is 83.0 Å². The lowest BCUT2D eigenvalue weighted by Crippen LogP contribution is -2.32. The molecule has 2 heterocycles. The molecule has 3 unspecified atom stereocenters. The molecule has 368 valence electrons. The number of anilines is 4. The highest BCUT2D eigenvalue weighted by atomic mass is 32.1. The zero-order chi connectivity index (χ0) is 51.5. The van der Waals surface area contributed by atoms with Gasteiger partial charge in [-0.25, -0.2) is 0 Å². The first-order valence-corrected chi connectivity index (χ1v) is 26.6. The molecule has 0 amide bonds. The van der Waals surface area contributed by atoms with Gasteiger partial charge in [-0.1, -0.05) is 189 Å². The Hall–Kier alpha value is -7.34. The number of benzene rings is 6. The molecule has 3 atom stereocenters. The van der Waals surface area contributed by atoms with Crippen LogP contribution in [0.25, 0.3) is 48.9 Å². The number of furan rings is 1. The first-order chi connectivity index (χ1) is 34.9. The van der Waals surface area contributed by atoms with Crippen LogP contribution < -0.4 is 9.80 Å². The fourth-order valence-corrected chi connectivity index (χ4v) is 12.5. The summed E-state index contributed by atoms with van der Waals surface area (Å²) in [6, 6.07) is 42.2. The largest absolute Gasteiger partial charge is 0.512 e. The minimum Gasteiger partial charge on any atom is -0.512 e. The van der Waals surface area contributed by atoms with E-state index < -0.39 is 0 Å². The molecule has 0 spiro atoms. The van der Waals surface area contributed by atoms with E-state index in [1.807, 2.05) is 50.3 Å². The van der Waals surface area contributed by atoms with Gasteiger partial charge in [0.25, 0.3) is 0 Å². The third-order valence-corrected chi connectivity index (χ3v) is 16.3. The van der Waals surface area contributed by atoms with Crippen molar-refractivity contribution in [3.63, 3.8) is 0 Å². The summed E-state index contributed by atoms with van der Waals surface area (Å²) in [5.74, 6) is 1.14. The Labute approximate surface area is 436 Å². The quantitative estimate of drug-likeness (QED) is 0.0796. The van der Waals surface area contributed by atoms with E-state index in [0.717, 1.165) is 68.0 Å². The second-order valence-corrected chi connectivity index (χ2v) is 23.4. The number of fused-ring (bicyclic) bond motifs is 10. The van der Waals surface area contributed by atoms with Crippen LogP contribution >= 0.6 is 11.3 Å². The Morgan fingerprint density at radius 2 is 1.29 bits per heavy atom. The first-order valence-electron chi connectivity index (χ1n) is 25.8. The van der Waals surface area contributed by atoms with E-state index >= 15 is 0 Å². The Morgan fingerprint density at radius 3 is 1.96 bits per heavy atom. The average molecular weight is 977 g/mol. The molecule has 0 fully saturated rings. The fourth-order valence-electron chi connectivity index (χ4n) is 11.0. The Morgan fingerprint density at radius 1 is 0.699 bits per heavy atom. The van der Waals surface area contributed by atoms with Gasteiger partial charge >= 0.3 is 0 Å². The van der Waals surface area contributed by atoms with E-state index in [1.54, 1.807) is 6.08 Å². The third-order valence-electron chi connectivity index (χ3n) is 15.0. The molecule has 8 aromatic rings. The number of para-hydroxylation sites is 4. The fraction of sp³-hybridized carbons (Fsp3) is 0.235. The number of aliphatic hydroxyl groups excluding tert-OH is 1. The summed E-state index contributed by atoms with van der Waals surface area (Å²) in [5, 5.41) is 16.4. The number of hydrogen-bond donors (Lipinski definition) is 1. The van der Waals surface area contributed by atoms with Crippen molar-refractivity contribution in [1.29, 1.82) is 0 Å². The predicted octanol–water partition coefficient (Wildman–Crippen LogP) is 20.1. The highest BCUT2D eigenvalue weighted by Crippen LogP contribution is 2.57. The van der Waals surface area contributed by atoms with E-state index in [-0.39, 0.29) is 22.7 Å². The zero-order valence-corrected chi connectivity index (χ0v) is 45.0.